The molecular formula is C16H16NO2. The SMILES string of the molecule is COC([O])=CCN(c1ccccc1)c1ccccc1. The van der Waals surface area contributed by atoms with Crippen molar-refractivity contribution in [2.75, 3.05) is 18.6 Å². The van der Waals surface area contributed by atoms with Crippen LogP contribution in [0, 0.1) is 0 Å². The average Bonchev–Trinajstić information content (AvgIpc) is 2.49. The van der Waals surface area contributed by atoms with Crippen molar-refractivity contribution in [1.29, 1.82) is 0 Å². The lowest BCUT2D eigenvalue weighted by Crippen LogP contribution is -2.17. The molecule has 0 heterocycles. The van der Waals surface area contributed by atoms with E-state index in [1.54, 1.807) is 0 Å². The highest BCUT2D eigenvalue weighted by molar-refractivity contribution is 5.63. The van der Waals surface area contributed by atoms with Gasteiger partial charge in [-0.2, -0.15) is 0 Å². The lowest BCUT2D eigenvalue weighted by molar-refractivity contribution is 0.0855. The highest BCUT2D eigenvalue weighted by atomic mass is 16.6. The summed E-state index contributed by atoms with van der Waals surface area (Å²) in [6.45, 7) is 0.473. The van der Waals surface area contributed by atoms with Gasteiger partial charge in [-0.15, -0.1) is 0 Å². The molecule has 0 bridgehead atoms. The van der Waals surface area contributed by atoms with Crippen molar-refractivity contribution in [3.8, 4) is 0 Å². The lowest BCUT2D eigenvalue weighted by Gasteiger charge is -2.23. The number of methoxy groups -OCH3 is 1. The third kappa shape index (κ3) is 3.52. The Labute approximate surface area is 113 Å². The van der Waals surface area contributed by atoms with Crippen LogP contribution >= 0.6 is 0 Å². The van der Waals surface area contributed by atoms with Gasteiger partial charge in [-0.05, 0) is 24.3 Å². The summed E-state index contributed by atoms with van der Waals surface area (Å²) in [5.74, 6) is -0.322. The molecular weight excluding hydrogens is 238 g/mol. The molecule has 0 aliphatic rings. The molecule has 0 aliphatic carbocycles. The fraction of sp³-hybridized carbons (Fsp3) is 0.125. The molecule has 0 saturated carbocycles. The van der Waals surface area contributed by atoms with Gasteiger partial charge >= 0.3 is 5.95 Å². The number of rotatable bonds is 5. The standard InChI is InChI=1S/C16H16NO2/c1-19-16(18)12-13-17(14-8-4-2-5-9-14)15-10-6-3-7-11-15/h2-12H,13H2,1H3. The van der Waals surface area contributed by atoms with Gasteiger partial charge in [0.2, 0.25) is 0 Å². The summed E-state index contributed by atoms with van der Waals surface area (Å²) in [5.41, 5.74) is 2.07. The molecule has 97 valence electrons. The Morgan fingerprint density at radius 3 is 1.89 bits per heavy atom. The van der Waals surface area contributed by atoms with Crippen LogP contribution in [-0.4, -0.2) is 13.7 Å². The van der Waals surface area contributed by atoms with Crippen LogP contribution in [0.3, 0.4) is 0 Å². The maximum atomic E-state index is 11.3. The Bertz CT molecular complexity index is 483. The summed E-state index contributed by atoms with van der Waals surface area (Å²) in [7, 11) is 1.38. The Kier molecular flexibility index (Phi) is 4.45. The van der Waals surface area contributed by atoms with E-state index in [0.717, 1.165) is 11.4 Å². The number of benzene rings is 2. The molecule has 0 unspecified atom stereocenters. The first-order chi connectivity index (χ1) is 9.31. The zero-order valence-corrected chi connectivity index (χ0v) is 10.8. The molecule has 0 aliphatic heterocycles. The quantitative estimate of drug-likeness (QED) is 0.761. The van der Waals surface area contributed by atoms with E-state index in [0.29, 0.717) is 6.54 Å². The molecule has 0 aromatic heterocycles. The van der Waals surface area contributed by atoms with Crippen molar-refractivity contribution in [2.45, 2.75) is 0 Å². The predicted molar refractivity (Wildman–Crippen MR) is 75.7 cm³/mol. The van der Waals surface area contributed by atoms with Gasteiger partial charge in [0.1, 0.15) is 0 Å². The molecule has 19 heavy (non-hydrogen) atoms. The van der Waals surface area contributed by atoms with Gasteiger partial charge in [0.25, 0.3) is 0 Å². The second-order valence-corrected chi connectivity index (χ2v) is 4.01. The number of nitrogens with zero attached hydrogens (tertiary/aromatic N) is 1. The summed E-state index contributed by atoms with van der Waals surface area (Å²) in [5, 5.41) is 11.3. The zero-order chi connectivity index (χ0) is 13.5. The fourth-order valence-electron chi connectivity index (χ4n) is 1.82. The Hall–Kier alpha value is -2.42. The van der Waals surface area contributed by atoms with Crippen molar-refractivity contribution < 1.29 is 9.84 Å². The van der Waals surface area contributed by atoms with Crippen molar-refractivity contribution in [3.63, 3.8) is 0 Å². The number of hydrogen-bond acceptors (Lipinski definition) is 2. The second-order valence-electron chi connectivity index (χ2n) is 4.01. The highest BCUT2D eigenvalue weighted by Gasteiger charge is 2.07. The summed E-state index contributed by atoms with van der Waals surface area (Å²) >= 11 is 0. The van der Waals surface area contributed by atoms with E-state index in [1.807, 2.05) is 60.7 Å². The molecule has 0 atom stereocenters. The zero-order valence-electron chi connectivity index (χ0n) is 10.8. The molecule has 2 aromatic carbocycles. The van der Waals surface area contributed by atoms with Crippen LogP contribution in [-0.2, 0) is 9.84 Å². The minimum Gasteiger partial charge on any atom is -0.466 e. The van der Waals surface area contributed by atoms with Crippen LogP contribution in [0.4, 0.5) is 11.4 Å². The topological polar surface area (TPSA) is 32.4 Å². The normalized spacial score (nSPS) is 11.1. The van der Waals surface area contributed by atoms with E-state index >= 15 is 0 Å². The van der Waals surface area contributed by atoms with Gasteiger partial charge in [-0.25, -0.2) is 5.11 Å². The first kappa shape index (κ1) is 13.0. The Morgan fingerprint density at radius 1 is 1.00 bits per heavy atom. The van der Waals surface area contributed by atoms with Crippen LogP contribution in [0.15, 0.2) is 72.7 Å². The minimum atomic E-state index is -0.322. The second kappa shape index (κ2) is 6.50. The van der Waals surface area contributed by atoms with Crippen LogP contribution in [0.25, 0.3) is 0 Å². The van der Waals surface area contributed by atoms with Gasteiger partial charge in [0.05, 0.1) is 7.11 Å². The molecule has 3 heteroatoms. The first-order valence-corrected chi connectivity index (χ1v) is 6.10. The summed E-state index contributed by atoms with van der Waals surface area (Å²) < 4.78 is 4.65. The van der Waals surface area contributed by atoms with Crippen LogP contribution in [0.1, 0.15) is 0 Å². The highest BCUT2D eigenvalue weighted by Crippen LogP contribution is 2.24. The van der Waals surface area contributed by atoms with E-state index < -0.39 is 0 Å². The van der Waals surface area contributed by atoms with Gasteiger partial charge < -0.3 is 9.64 Å². The number of hydrogen-bond donors (Lipinski definition) is 0. The van der Waals surface area contributed by atoms with E-state index in [4.69, 9.17) is 0 Å². The minimum absolute atomic E-state index is 0.322. The number of para-hydroxylation sites is 2. The summed E-state index contributed by atoms with van der Waals surface area (Å²) in [4.78, 5) is 2.05. The predicted octanol–water partition coefficient (Wildman–Crippen LogP) is 3.74. The van der Waals surface area contributed by atoms with E-state index in [-0.39, 0.29) is 5.95 Å². The van der Waals surface area contributed by atoms with Crippen LogP contribution in [0.5, 0.6) is 0 Å². The smallest absolute Gasteiger partial charge is 0.328 e. The Morgan fingerprint density at radius 2 is 1.47 bits per heavy atom. The largest absolute Gasteiger partial charge is 0.466 e. The molecule has 0 saturated heterocycles. The van der Waals surface area contributed by atoms with Crippen molar-refractivity contribution >= 4 is 11.4 Å². The van der Waals surface area contributed by atoms with Crippen molar-refractivity contribution in [3.05, 3.63) is 72.7 Å². The van der Waals surface area contributed by atoms with Crippen LogP contribution < -0.4 is 4.90 Å². The number of ether oxygens (including phenoxy) is 1. The van der Waals surface area contributed by atoms with Crippen molar-refractivity contribution in [2.24, 2.45) is 0 Å². The van der Waals surface area contributed by atoms with Gasteiger partial charge in [-0.3, -0.25) is 0 Å². The first-order valence-electron chi connectivity index (χ1n) is 6.10. The van der Waals surface area contributed by atoms with E-state index in [1.165, 1.54) is 13.2 Å². The van der Waals surface area contributed by atoms with Gasteiger partial charge in [0, 0.05) is 24.0 Å². The van der Waals surface area contributed by atoms with Gasteiger partial charge in [-0.1, -0.05) is 36.4 Å². The lowest BCUT2D eigenvalue weighted by atomic mass is 10.2. The molecule has 2 aromatic rings. The van der Waals surface area contributed by atoms with Gasteiger partial charge in [0.15, 0.2) is 0 Å². The average molecular weight is 254 g/mol. The van der Waals surface area contributed by atoms with Crippen LogP contribution in [0.2, 0.25) is 0 Å². The maximum Gasteiger partial charge on any atom is 0.328 e. The molecule has 0 spiro atoms. The molecule has 3 nitrogen and oxygen atoms in total. The molecule has 0 N–H and O–H groups in total. The van der Waals surface area contributed by atoms with Crippen molar-refractivity contribution in [1.82, 2.24) is 0 Å². The number of anilines is 2. The maximum absolute atomic E-state index is 11.3. The molecule has 0 amide bonds. The monoisotopic (exact) mass is 254 g/mol. The molecule has 2 rings (SSSR count). The fourth-order valence-corrected chi connectivity index (χ4v) is 1.82. The molecule has 1 radical (unpaired) electrons. The van der Waals surface area contributed by atoms with E-state index in [2.05, 4.69) is 9.64 Å². The van der Waals surface area contributed by atoms with E-state index in [9.17, 15) is 5.11 Å². The third-order valence-corrected chi connectivity index (χ3v) is 2.78. The third-order valence-electron chi connectivity index (χ3n) is 2.78. The molecule has 0 fully saturated rings. The summed E-state index contributed by atoms with van der Waals surface area (Å²) in [6.07, 6.45) is 1.53. The summed E-state index contributed by atoms with van der Waals surface area (Å²) in [6, 6.07) is 19.9. The Balaban J connectivity index is 2.29.